The maximum absolute atomic E-state index is 5.18. The van der Waals surface area contributed by atoms with Gasteiger partial charge in [-0.2, -0.15) is 0 Å². The van der Waals surface area contributed by atoms with Gasteiger partial charge in [-0.1, -0.05) is 20.8 Å². The van der Waals surface area contributed by atoms with E-state index >= 15 is 0 Å². The SMILES string of the molecule is Cn1c(N2CCCC(C(C)(C)C)CC2)n[nH]c1=S. The molecule has 18 heavy (non-hydrogen) atoms. The summed E-state index contributed by atoms with van der Waals surface area (Å²) in [6, 6.07) is 0. The number of anilines is 1. The molecule has 1 fully saturated rings. The number of aromatic nitrogens is 3. The molecule has 2 heterocycles. The van der Waals surface area contributed by atoms with Crippen LogP contribution < -0.4 is 4.90 Å². The van der Waals surface area contributed by atoms with Crippen molar-refractivity contribution in [2.24, 2.45) is 18.4 Å². The van der Waals surface area contributed by atoms with Crippen molar-refractivity contribution in [3.63, 3.8) is 0 Å². The van der Waals surface area contributed by atoms with E-state index in [9.17, 15) is 0 Å². The summed E-state index contributed by atoms with van der Waals surface area (Å²) in [7, 11) is 1.98. The van der Waals surface area contributed by atoms with Gasteiger partial charge in [0.05, 0.1) is 0 Å². The standard InChI is InChI=1S/C13H24N4S/c1-13(2,3)10-6-5-8-17(9-7-10)11-14-15-12(18)16(11)4/h10H,5-9H2,1-4H3,(H,15,18). The van der Waals surface area contributed by atoms with Crippen molar-refractivity contribution in [2.75, 3.05) is 18.0 Å². The zero-order valence-electron chi connectivity index (χ0n) is 11.9. The summed E-state index contributed by atoms with van der Waals surface area (Å²) < 4.78 is 2.66. The van der Waals surface area contributed by atoms with Crippen LogP contribution in [0.3, 0.4) is 0 Å². The minimum atomic E-state index is 0.410. The third-order valence-electron chi connectivity index (χ3n) is 4.09. The van der Waals surface area contributed by atoms with E-state index in [4.69, 9.17) is 12.2 Å². The summed E-state index contributed by atoms with van der Waals surface area (Å²) in [5.41, 5.74) is 0.410. The fourth-order valence-corrected chi connectivity index (χ4v) is 2.91. The van der Waals surface area contributed by atoms with Crippen molar-refractivity contribution >= 4 is 18.2 Å². The normalized spacial score (nSPS) is 22.0. The summed E-state index contributed by atoms with van der Waals surface area (Å²) in [6.07, 6.45) is 3.79. The molecule has 102 valence electrons. The molecule has 0 saturated carbocycles. The highest BCUT2D eigenvalue weighted by Gasteiger charge is 2.28. The lowest BCUT2D eigenvalue weighted by atomic mass is 9.77. The Hall–Kier alpha value is -0.840. The Morgan fingerprint density at radius 2 is 2.00 bits per heavy atom. The van der Waals surface area contributed by atoms with E-state index in [0.717, 1.165) is 25.0 Å². The predicted molar refractivity (Wildman–Crippen MR) is 77.4 cm³/mol. The van der Waals surface area contributed by atoms with E-state index in [-0.39, 0.29) is 0 Å². The minimum Gasteiger partial charge on any atom is -0.341 e. The molecule has 1 aromatic heterocycles. The molecule has 1 saturated heterocycles. The highest BCUT2D eigenvalue weighted by Crippen LogP contribution is 2.34. The topological polar surface area (TPSA) is 36.9 Å². The van der Waals surface area contributed by atoms with Gasteiger partial charge in [-0.3, -0.25) is 4.57 Å². The van der Waals surface area contributed by atoms with Crippen LogP contribution in [0.1, 0.15) is 40.0 Å². The molecule has 5 heteroatoms. The van der Waals surface area contributed by atoms with Gasteiger partial charge in [0, 0.05) is 20.1 Å². The Morgan fingerprint density at radius 3 is 2.56 bits per heavy atom. The molecule has 1 atom stereocenters. The lowest BCUT2D eigenvalue weighted by molar-refractivity contribution is 0.220. The summed E-state index contributed by atoms with van der Waals surface area (Å²) in [5.74, 6) is 1.78. The molecule has 4 nitrogen and oxygen atoms in total. The van der Waals surface area contributed by atoms with Gasteiger partial charge in [0.15, 0.2) is 4.77 Å². The third-order valence-corrected chi connectivity index (χ3v) is 4.46. The molecule has 0 aliphatic carbocycles. The van der Waals surface area contributed by atoms with Crippen LogP contribution in [0.25, 0.3) is 0 Å². The van der Waals surface area contributed by atoms with E-state index in [1.807, 2.05) is 11.6 Å². The fraction of sp³-hybridized carbons (Fsp3) is 0.846. The maximum atomic E-state index is 5.18. The Bertz CT molecular complexity index is 454. The van der Waals surface area contributed by atoms with Crippen molar-refractivity contribution in [3.8, 4) is 0 Å². The van der Waals surface area contributed by atoms with Crippen LogP contribution in [0.4, 0.5) is 5.95 Å². The molecule has 2 rings (SSSR count). The van der Waals surface area contributed by atoms with Crippen LogP contribution in [0.5, 0.6) is 0 Å². The van der Waals surface area contributed by atoms with Gasteiger partial charge in [-0.15, -0.1) is 5.10 Å². The molecule has 1 aliphatic rings. The first-order valence-electron chi connectivity index (χ1n) is 6.76. The monoisotopic (exact) mass is 268 g/mol. The maximum Gasteiger partial charge on any atom is 0.225 e. The molecule has 0 aromatic carbocycles. The summed E-state index contributed by atoms with van der Waals surface area (Å²) >= 11 is 5.18. The van der Waals surface area contributed by atoms with Crippen LogP contribution in [0, 0.1) is 16.1 Å². The second-order valence-corrected chi connectivity index (χ2v) is 6.76. The number of nitrogens with zero attached hydrogens (tertiary/aromatic N) is 3. The number of hydrogen-bond acceptors (Lipinski definition) is 3. The fourth-order valence-electron chi connectivity index (χ4n) is 2.78. The average molecular weight is 268 g/mol. The molecule has 0 amide bonds. The van der Waals surface area contributed by atoms with Gasteiger partial charge in [0.2, 0.25) is 5.95 Å². The Labute approximate surface area is 114 Å². The van der Waals surface area contributed by atoms with Crippen molar-refractivity contribution < 1.29 is 0 Å². The van der Waals surface area contributed by atoms with E-state index in [2.05, 4.69) is 35.9 Å². The number of hydrogen-bond donors (Lipinski definition) is 1. The van der Waals surface area contributed by atoms with E-state index < -0.39 is 0 Å². The molecule has 1 unspecified atom stereocenters. The van der Waals surface area contributed by atoms with E-state index in [0.29, 0.717) is 10.2 Å². The molecule has 0 spiro atoms. The Balaban J connectivity index is 2.10. The van der Waals surface area contributed by atoms with Crippen LogP contribution in [0.15, 0.2) is 0 Å². The van der Waals surface area contributed by atoms with Gasteiger partial charge in [0.1, 0.15) is 0 Å². The highest BCUT2D eigenvalue weighted by atomic mass is 32.1. The van der Waals surface area contributed by atoms with Gasteiger partial charge >= 0.3 is 0 Å². The molecular weight excluding hydrogens is 244 g/mol. The molecular formula is C13H24N4S. The lowest BCUT2D eigenvalue weighted by Gasteiger charge is -2.29. The van der Waals surface area contributed by atoms with E-state index in [1.165, 1.54) is 19.3 Å². The van der Waals surface area contributed by atoms with Crippen molar-refractivity contribution in [2.45, 2.75) is 40.0 Å². The Kier molecular flexibility index (Phi) is 3.80. The highest BCUT2D eigenvalue weighted by molar-refractivity contribution is 7.71. The molecule has 1 N–H and O–H groups in total. The average Bonchev–Trinajstić information content (AvgIpc) is 2.55. The third kappa shape index (κ3) is 2.76. The summed E-state index contributed by atoms with van der Waals surface area (Å²) in [4.78, 5) is 2.36. The van der Waals surface area contributed by atoms with Crippen molar-refractivity contribution in [1.82, 2.24) is 14.8 Å². The number of aromatic amines is 1. The smallest absolute Gasteiger partial charge is 0.225 e. The van der Waals surface area contributed by atoms with Crippen LogP contribution >= 0.6 is 12.2 Å². The Morgan fingerprint density at radius 1 is 1.28 bits per heavy atom. The molecule has 0 bridgehead atoms. The van der Waals surface area contributed by atoms with Gasteiger partial charge in [-0.25, -0.2) is 5.10 Å². The number of rotatable bonds is 1. The number of nitrogens with one attached hydrogen (secondary N) is 1. The largest absolute Gasteiger partial charge is 0.341 e. The summed E-state index contributed by atoms with van der Waals surface area (Å²) in [6.45, 7) is 9.21. The first-order chi connectivity index (χ1) is 8.39. The molecule has 1 aliphatic heterocycles. The first-order valence-corrected chi connectivity index (χ1v) is 7.17. The number of H-pyrrole nitrogens is 1. The van der Waals surface area contributed by atoms with Crippen molar-refractivity contribution in [3.05, 3.63) is 4.77 Å². The van der Waals surface area contributed by atoms with Gasteiger partial charge in [0.25, 0.3) is 0 Å². The second-order valence-electron chi connectivity index (χ2n) is 6.37. The van der Waals surface area contributed by atoms with E-state index in [1.54, 1.807) is 0 Å². The quantitative estimate of drug-likeness (QED) is 0.795. The zero-order valence-corrected chi connectivity index (χ0v) is 12.7. The zero-order chi connectivity index (χ0) is 13.3. The molecule has 1 aromatic rings. The summed E-state index contributed by atoms with van der Waals surface area (Å²) in [5, 5.41) is 7.21. The molecule has 0 radical (unpaired) electrons. The first kappa shape index (κ1) is 13.6. The second kappa shape index (κ2) is 5.03. The van der Waals surface area contributed by atoms with Gasteiger partial charge < -0.3 is 4.90 Å². The van der Waals surface area contributed by atoms with Gasteiger partial charge in [-0.05, 0) is 42.8 Å². The van der Waals surface area contributed by atoms with Crippen LogP contribution in [-0.2, 0) is 7.05 Å². The van der Waals surface area contributed by atoms with Crippen LogP contribution in [-0.4, -0.2) is 27.9 Å². The predicted octanol–water partition coefficient (Wildman–Crippen LogP) is 3.13. The van der Waals surface area contributed by atoms with Crippen molar-refractivity contribution in [1.29, 1.82) is 0 Å². The minimum absolute atomic E-state index is 0.410. The van der Waals surface area contributed by atoms with Crippen LogP contribution in [0.2, 0.25) is 0 Å². The lowest BCUT2D eigenvalue weighted by Crippen LogP contribution is -2.28.